The fourth-order valence-electron chi connectivity index (χ4n) is 3.02. The fourth-order valence-corrected chi connectivity index (χ4v) is 3.02. The van der Waals surface area contributed by atoms with Gasteiger partial charge in [-0.25, -0.2) is 4.68 Å². The van der Waals surface area contributed by atoms with Crippen molar-refractivity contribution in [2.45, 2.75) is 58.2 Å². The van der Waals surface area contributed by atoms with Gasteiger partial charge in [0.1, 0.15) is 0 Å². The average molecular weight is 296 g/mol. The van der Waals surface area contributed by atoms with E-state index in [1.165, 1.54) is 32.1 Å². The Balaban J connectivity index is 1.66. The minimum atomic E-state index is -0.395. The van der Waals surface area contributed by atoms with Crippen LogP contribution in [0.25, 0.3) is 0 Å². The van der Waals surface area contributed by atoms with E-state index >= 15 is 0 Å². The van der Waals surface area contributed by atoms with Gasteiger partial charge in [0.25, 0.3) is 0 Å². The summed E-state index contributed by atoms with van der Waals surface area (Å²) >= 11 is 0. The monoisotopic (exact) mass is 296 g/mol. The number of rotatable bonds is 6. The maximum Gasteiger partial charge on any atom is 0.220 e. The van der Waals surface area contributed by atoms with Gasteiger partial charge in [-0.3, -0.25) is 0 Å². The third kappa shape index (κ3) is 3.39. The van der Waals surface area contributed by atoms with E-state index in [9.17, 15) is 0 Å². The molecule has 6 nitrogen and oxygen atoms in total. The molecule has 1 aliphatic carbocycles. The first-order valence-electron chi connectivity index (χ1n) is 7.88. The summed E-state index contributed by atoms with van der Waals surface area (Å²) in [5.74, 6) is 1.29. The molecule has 118 valence electrons. The first kappa shape index (κ1) is 14.8. The molecule has 6 heteroatoms. The number of aromatic nitrogens is 2. The molecule has 0 aromatic carbocycles. The maximum atomic E-state index is 9.14. The molecule has 3 rings (SSSR count). The summed E-state index contributed by atoms with van der Waals surface area (Å²) in [5, 5.41) is 13.4. The van der Waals surface area contributed by atoms with Crippen molar-refractivity contribution in [3.63, 3.8) is 0 Å². The lowest BCUT2D eigenvalue weighted by Crippen LogP contribution is -2.32. The minimum absolute atomic E-state index is 0.0314. The zero-order valence-corrected chi connectivity index (χ0v) is 12.5. The third-order valence-corrected chi connectivity index (χ3v) is 4.19. The molecule has 2 fully saturated rings. The second-order valence-corrected chi connectivity index (χ2v) is 5.84. The Morgan fingerprint density at radius 3 is 2.76 bits per heavy atom. The van der Waals surface area contributed by atoms with Gasteiger partial charge in [0.2, 0.25) is 5.88 Å². The second-order valence-electron chi connectivity index (χ2n) is 5.84. The van der Waals surface area contributed by atoms with Gasteiger partial charge in [0, 0.05) is 0 Å². The molecule has 0 atom stereocenters. The number of hydrogen-bond acceptors (Lipinski definition) is 5. The summed E-state index contributed by atoms with van der Waals surface area (Å²) in [6.07, 6.45) is 7.53. The molecular weight excluding hydrogens is 272 g/mol. The van der Waals surface area contributed by atoms with Crippen molar-refractivity contribution < 1.29 is 19.3 Å². The number of ether oxygens (including phenoxy) is 3. The van der Waals surface area contributed by atoms with E-state index in [2.05, 4.69) is 5.10 Å². The summed E-state index contributed by atoms with van der Waals surface area (Å²) in [5.41, 5.74) is 0.817. The Morgan fingerprint density at radius 1 is 1.33 bits per heavy atom. The molecule has 21 heavy (non-hydrogen) atoms. The van der Waals surface area contributed by atoms with Crippen molar-refractivity contribution in [3.8, 4) is 5.88 Å². The van der Waals surface area contributed by atoms with E-state index in [1.807, 2.05) is 6.92 Å². The first-order chi connectivity index (χ1) is 10.3. The van der Waals surface area contributed by atoms with Gasteiger partial charge in [0.05, 0.1) is 31.5 Å². The topological polar surface area (TPSA) is 65.7 Å². The summed E-state index contributed by atoms with van der Waals surface area (Å²) in [7, 11) is 0. The molecule has 1 N–H and O–H groups in total. The highest BCUT2D eigenvalue weighted by Crippen LogP contribution is 2.37. The number of aliphatic hydroxyl groups is 1. The fraction of sp³-hybridized carbons (Fsp3) is 0.800. The van der Waals surface area contributed by atoms with Gasteiger partial charge < -0.3 is 19.3 Å². The SMILES string of the molecule is CC1OC(c2cnn(CCO)c2OCC2CCCCC2)O1. The molecule has 1 aromatic rings. The lowest BCUT2D eigenvalue weighted by molar-refractivity contribution is -0.382. The van der Waals surface area contributed by atoms with Crippen LogP contribution in [0.4, 0.5) is 0 Å². The molecule has 1 aromatic heterocycles. The van der Waals surface area contributed by atoms with Crippen LogP contribution in [0.1, 0.15) is 50.9 Å². The molecule has 0 unspecified atom stereocenters. The molecule has 2 aliphatic rings. The van der Waals surface area contributed by atoms with E-state index in [0.29, 0.717) is 24.9 Å². The summed E-state index contributed by atoms with van der Waals surface area (Å²) in [6.45, 7) is 3.01. The molecule has 0 bridgehead atoms. The van der Waals surface area contributed by atoms with Crippen molar-refractivity contribution in [1.29, 1.82) is 0 Å². The van der Waals surface area contributed by atoms with E-state index in [0.717, 1.165) is 5.56 Å². The zero-order valence-electron chi connectivity index (χ0n) is 12.5. The predicted octanol–water partition coefficient (Wildman–Crippen LogP) is 2.23. The molecule has 0 radical (unpaired) electrons. The van der Waals surface area contributed by atoms with Crippen LogP contribution in [0.5, 0.6) is 5.88 Å². The summed E-state index contributed by atoms with van der Waals surface area (Å²) in [4.78, 5) is 0. The average Bonchev–Trinajstić information content (AvgIpc) is 2.86. The number of aliphatic hydroxyl groups excluding tert-OH is 1. The zero-order chi connectivity index (χ0) is 14.7. The van der Waals surface area contributed by atoms with Gasteiger partial charge in [-0.2, -0.15) is 5.10 Å². The lowest BCUT2D eigenvalue weighted by Gasteiger charge is -2.33. The molecule has 1 saturated carbocycles. The highest BCUT2D eigenvalue weighted by molar-refractivity contribution is 5.26. The van der Waals surface area contributed by atoms with Gasteiger partial charge in [0.15, 0.2) is 12.6 Å². The van der Waals surface area contributed by atoms with Crippen molar-refractivity contribution in [2.24, 2.45) is 5.92 Å². The highest BCUT2D eigenvalue weighted by Gasteiger charge is 2.33. The quantitative estimate of drug-likeness (QED) is 0.872. The van der Waals surface area contributed by atoms with E-state index in [1.54, 1.807) is 10.9 Å². The Hall–Kier alpha value is -1.11. The Bertz CT molecular complexity index is 451. The van der Waals surface area contributed by atoms with Crippen LogP contribution in [0, 0.1) is 5.92 Å². The third-order valence-electron chi connectivity index (χ3n) is 4.19. The highest BCUT2D eigenvalue weighted by atomic mass is 16.9. The molecule has 0 amide bonds. The van der Waals surface area contributed by atoms with Gasteiger partial charge in [-0.1, -0.05) is 19.3 Å². The normalized spacial score (nSPS) is 26.6. The molecular formula is C15H24N2O4. The molecule has 2 heterocycles. The van der Waals surface area contributed by atoms with Crippen molar-refractivity contribution >= 4 is 0 Å². The van der Waals surface area contributed by atoms with E-state index in [4.69, 9.17) is 19.3 Å². The molecule has 0 spiro atoms. The lowest BCUT2D eigenvalue weighted by atomic mass is 9.90. The summed E-state index contributed by atoms with van der Waals surface area (Å²) < 4.78 is 18.8. The van der Waals surface area contributed by atoms with Crippen LogP contribution >= 0.6 is 0 Å². The van der Waals surface area contributed by atoms with Crippen LogP contribution < -0.4 is 4.74 Å². The van der Waals surface area contributed by atoms with Crippen LogP contribution in [-0.2, 0) is 16.0 Å². The van der Waals surface area contributed by atoms with E-state index in [-0.39, 0.29) is 12.9 Å². The molecule has 1 saturated heterocycles. The van der Waals surface area contributed by atoms with Crippen molar-refractivity contribution in [1.82, 2.24) is 9.78 Å². The number of nitrogens with zero attached hydrogens (tertiary/aromatic N) is 2. The van der Waals surface area contributed by atoms with Crippen LogP contribution in [0.3, 0.4) is 0 Å². The van der Waals surface area contributed by atoms with Gasteiger partial charge in [-0.15, -0.1) is 0 Å². The summed E-state index contributed by atoms with van der Waals surface area (Å²) in [6, 6.07) is 0. The Kier molecular flexibility index (Phi) is 4.77. The van der Waals surface area contributed by atoms with Crippen molar-refractivity contribution in [3.05, 3.63) is 11.8 Å². The van der Waals surface area contributed by atoms with Crippen LogP contribution in [0.2, 0.25) is 0 Å². The second kappa shape index (κ2) is 6.77. The van der Waals surface area contributed by atoms with E-state index < -0.39 is 6.29 Å². The van der Waals surface area contributed by atoms with Gasteiger partial charge >= 0.3 is 0 Å². The van der Waals surface area contributed by atoms with Crippen molar-refractivity contribution in [2.75, 3.05) is 13.2 Å². The Morgan fingerprint density at radius 2 is 2.10 bits per heavy atom. The minimum Gasteiger partial charge on any atom is -0.477 e. The first-order valence-corrected chi connectivity index (χ1v) is 7.88. The van der Waals surface area contributed by atoms with Crippen LogP contribution in [0.15, 0.2) is 6.20 Å². The number of hydrogen-bond donors (Lipinski definition) is 1. The largest absolute Gasteiger partial charge is 0.477 e. The predicted molar refractivity (Wildman–Crippen MR) is 75.8 cm³/mol. The molecule has 1 aliphatic heterocycles. The standard InChI is InChI=1S/C15H24N2O4/c1-11-20-15(21-11)13-9-16-17(7-8-18)14(13)19-10-12-5-3-2-4-6-12/h9,11-12,15,18H,2-8,10H2,1H3. The maximum absolute atomic E-state index is 9.14. The van der Waals surface area contributed by atoms with Gasteiger partial charge in [-0.05, 0) is 25.7 Å². The van der Waals surface area contributed by atoms with Crippen LogP contribution in [-0.4, -0.2) is 34.4 Å². The Labute approximate surface area is 125 Å². The smallest absolute Gasteiger partial charge is 0.220 e.